The Morgan fingerprint density at radius 3 is 2.51 bits per heavy atom. The third-order valence-electron chi connectivity index (χ3n) is 9.80. The molecule has 3 heterocycles. The Labute approximate surface area is 291 Å². The summed E-state index contributed by atoms with van der Waals surface area (Å²) >= 11 is 6.52. The van der Waals surface area contributed by atoms with E-state index in [0.29, 0.717) is 40.6 Å². The van der Waals surface area contributed by atoms with Crippen LogP contribution in [0.15, 0.2) is 79.0 Å². The normalized spacial score (nSPS) is 23.1. The molecule has 49 heavy (non-hydrogen) atoms. The van der Waals surface area contributed by atoms with Crippen molar-refractivity contribution in [1.29, 1.82) is 0 Å². The van der Waals surface area contributed by atoms with E-state index in [9.17, 15) is 19.8 Å². The van der Waals surface area contributed by atoms with Crippen LogP contribution >= 0.6 is 11.6 Å². The highest BCUT2D eigenvalue weighted by Crippen LogP contribution is 2.60. The molecular formula is C36H41ClFN5O5Si. The lowest BCUT2D eigenvalue weighted by Crippen LogP contribution is -2.45. The maximum Gasteiger partial charge on any atom is 0.264 e. The summed E-state index contributed by atoms with van der Waals surface area (Å²) in [4.78, 5) is 28.2. The van der Waals surface area contributed by atoms with E-state index in [0.717, 1.165) is 11.1 Å². The van der Waals surface area contributed by atoms with Crippen molar-refractivity contribution in [3.8, 4) is 0 Å². The number of aliphatic hydroxyl groups excluding tert-OH is 2. The SMILES string of the molecule is C[C@H](O)C(=O)Nc1ccc(CN2C(=O)[C@@]3(O[C@@H](CCn4cc(C(CO)c5ccccc5)nn4)[C@H]([Si](C)(C)F)[C@H]3C)c3cc(Cl)ccc32)cc1. The number of ether oxygens (including phenoxy) is 1. The molecule has 10 nitrogen and oxygen atoms in total. The van der Waals surface area contributed by atoms with Gasteiger partial charge in [0.25, 0.3) is 11.8 Å². The van der Waals surface area contributed by atoms with E-state index in [2.05, 4.69) is 15.6 Å². The summed E-state index contributed by atoms with van der Waals surface area (Å²) in [6.45, 7) is 7.10. The molecule has 1 aromatic heterocycles. The third kappa shape index (κ3) is 6.67. The van der Waals surface area contributed by atoms with Crippen molar-refractivity contribution in [3.05, 3.63) is 106 Å². The molecule has 1 unspecified atom stereocenters. The van der Waals surface area contributed by atoms with Crippen LogP contribution in [0.2, 0.25) is 23.7 Å². The number of nitrogens with zero attached hydrogens (tertiary/aromatic N) is 4. The molecule has 0 aliphatic carbocycles. The Kier molecular flexibility index (Phi) is 9.80. The summed E-state index contributed by atoms with van der Waals surface area (Å²) < 4.78 is 24.8. The third-order valence-corrected chi connectivity index (χ3v) is 12.5. The second kappa shape index (κ2) is 13.8. The predicted octanol–water partition coefficient (Wildman–Crippen LogP) is 5.79. The lowest BCUT2D eigenvalue weighted by molar-refractivity contribution is -0.146. The maximum absolute atomic E-state index is 16.3. The fourth-order valence-corrected chi connectivity index (χ4v) is 10.2. The van der Waals surface area contributed by atoms with Crippen LogP contribution in [0.5, 0.6) is 0 Å². The van der Waals surface area contributed by atoms with Gasteiger partial charge in [0.1, 0.15) is 6.10 Å². The highest BCUT2D eigenvalue weighted by atomic mass is 35.5. The van der Waals surface area contributed by atoms with Crippen LogP contribution in [0.3, 0.4) is 0 Å². The quantitative estimate of drug-likeness (QED) is 0.133. The summed E-state index contributed by atoms with van der Waals surface area (Å²) in [6.07, 6.45) is 0.474. The van der Waals surface area contributed by atoms with Gasteiger partial charge < -0.3 is 29.3 Å². The predicted molar refractivity (Wildman–Crippen MR) is 187 cm³/mol. The molecule has 3 N–H and O–H groups in total. The van der Waals surface area contributed by atoms with Gasteiger partial charge in [0.2, 0.25) is 8.41 Å². The average molecular weight is 706 g/mol. The van der Waals surface area contributed by atoms with Crippen molar-refractivity contribution in [1.82, 2.24) is 15.0 Å². The number of anilines is 2. The van der Waals surface area contributed by atoms with Gasteiger partial charge in [0.15, 0.2) is 5.60 Å². The van der Waals surface area contributed by atoms with Crippen molar-refractivity contribution in [2.24, 2.45) is 5.92 Å². The first-order valence-electron chi connectivity index (χ1n) is 16.5. The summed E-state index contributed by atoms with van der Waals surface area (Å²) in [6, 6.07) is 21.9. The minimum atomic E-state index is -3.39. The van der Waals surface area contributed by atoms with E-state index in [1.165, 1.54) is 6.92 Å². The molecule has 2 aliphatic heterocycles. The average Bonchev–Trinajstić information content (AvgIpc) is 3.72. The van der Waals surface area contributed by atoms with E-state index >= 15 is 4.11 Å². The lowest BCUT2D eigenvalue weighted by atomic mass is 9.82. The van der Waals surface area contributed by atoms with Gasteiger partial charge in [-0.2, -0.15) is 0 Å². The van der Waals surface area contributed by atoms with Crippen LogP contribution in [0.1, 0.15) is 48.6 Å². The van der Waals surface area contributed by atoms with E-state index in [1.807, 2.05) is 37.3 Å². The van der Waals surface area contributed by atoms with Gasteiger partial charge in [-0.15, -0.1) is 5.10 Å². The minimum absolute atomic E-state index is 0.123. The largest absolute Gasteiger partial charge is 0.395 e. The molecule has 0 radical (unpaired) electrons. The summed E-state index contributed by atoms with van der Waals surface area (Å²) in [5, 5.41) is 31.4. The highest BCUT2D eigenvalue weighted by molar-refractivity contribution is 6.72. The Morgan fingerprint density at radius 1 is 1.14 bits per heavy atom. The molecule has 0 bridgehead atoms. The first-order chi connectivity index (χ1) is 23.3. The van der Waals surface area contributed by atoms with Gasteiger partial charge in [-0.25, -0.2) is 0 Å². The molecule has 2 aliphatic rings. The number of aromatic nitrogens is 3. The number of benzene rings is 3. The number of carbonyl (C=O) groups is 2. The number of rotatable bonds is 11. The van der Waals surface area contributed by atoms with Gasteiger partial charge in [0.05, 0.1) is 36.6 Å². The standard InChI is InChI=1S/C36H41ClFN5O5Si/c1-22-33(49(3,4)38)32(16-17-42-20-30(40-41-42)28(21-44)25-8-6-5-7-9-25)48-36(22)29-18-26(37)12-15-31(29)43(35(36)47)19-24-10-13-27(14-11-24)39-34(46)23(2)45/h5-15,18,20,22-23,28,32-33,44-45H,16-17,19,21H2,1-4H3,(H,39,46)/t22-,23+,28?,32+,33-,36+/m1/s1. The van der Waals surface area contributed by atoms with Gasteiger partial charge >= 0.3 is 0 Å². The Bertz CT molecular complexity index is 1820. The number of halogens is 2. The monoisotopic (exact) mass is 705 g/mol. The van der Waals surface area contributed by atoms with Crippen LogP contribution in [-0.2, 0) is 33.0 Å². The van der Waals surface area contributed by atoms with Gasteiger partial charge in [-0.1, -0.05) is 66.2 Å². The van der Waals surface area contributed by atoms with Crippen molar-refractivity contribution < 1.29 is 28.6 Å². The molecule has 2 amide bonds. The lowest BCUT2D eigenvalue weighted by Gasteiger charge is -2.31. The fourth-order valence-electron chi connectivity index (χ4n) is 7.47. The van der Waals surface area contributed by atoms with Crippen LogP contribution < -0.4 is 10.2 Å². The number of amides is 2. The number of hydrogen-bond acceptors (Lipinski definition) is 7. The van der Waals surface area contributed by atoms with E-state index < -0.39 is 43.6 Å². The van der Waals surface area contributed by atoms with Crippen LogP contribution in [-0.4, -0.2) is 64.2 Å². The number of hydrogen-bond donors (Lipinski definition) is 3. The molecule has 6 atom stereocenters. The maximum atomic E-state index is 16.3. The first-order valence-corrected chi connectivity index (χ1v) is 19.8. The molecular weight excluding hydrogens is 665 g/mol. The molecule has 13 heteroatoms. The minimum Gasteiger partial charge on any atom is -0.395 e. The molecule has 6 rings (SSSR count). The van der Waals surface area contributed by atoms with Crippen molar-refractivity contribution in [2.45, 2.75) is 75.7 Å². The molecule has 1 fully saturated rings. The summed E-state index contributed by atoms with van der Waals surface area (Å²) in [5.41, 5.74) is 2.23. The Balaban J connectivity index is 1.26. The fraction of sp³-hybridized carbons (Fsp3) is 0.389. The topological polar surface area (TPSA) is 130 Å². The molecule has 4 aromatic rings. The number of aliphatic hydroxyl groups is 2. The zero-order valence-corrected chi connectivity index (χ0v) is 29.6. The molecule has 3 aromatic carbocycles. The van der Waals surface area contributed by atoms with Crippen LogP contribution in [0, 0.1) is 5.92 Å². The summed E-state index contributed by atoms with van der Waals surface area (Å²) in [5.74, 6) is -1.60. The van der Waals surface area contributed by atoms with Gasteiger partial charge in [-0.3, -0.25) is 14.3 Å². The smallest absolute Gasteiger partial charge is 0.264 e. The second-order valence-electron chi connectivity index (χ2n) is 13.5. The molecule has 258 valence electrons. The van der Waals surface area contributed by atoms with Crippen LogP contribution in [0.25, 0.3) is 0 Å². The van der Waals surface area contributed by atoms with E-state index in [1.54, 1.807) is 71.3 Å². The van der Waals surface area contributed by atoms with Gasteiger partial charge in [-0.05, 0) is 67.9 Å². The zero-order valence-electron chi connectivity index (χ0n) is 27.9. The Hall–Kier alpha value is -3.94. The molecule has 1 spiro atoms. The van der Waals surface area contributed by atoms with Crippen LogP contribution in [0.4, 0.5) is 15.5 Å². The van der Waals surface area contributed by atoms with Crippen molar-refractivity contribution in [3.63, 3.8) is 0 Å². The van der Waals surface area contributed by atoms with E-state index in [-0.39, 0.29) is 25.0 Å². The number of nitrogens with one attached hydrogen (secondary N) is 1. The molecule has 1 saturated heterocycles. The highest BCUT2D eigenvalue weighted by Gasteiger charge is 2.66. The number of fused-ring (bicyclic) bond motifs is 2. The first kappa shape index (κ1) is 34.9. The zero-order chi connectivity index (χ0) is 35.1. The van der Waals surface area contributed by atoms with Crippen molar-refractivity contribution in [2.75, 3.05) is 16.8 Å². The summed E-state index contributed by atoms with van der Waals surface area (Å²) in [7, 11) is -3.39. The number of carbonyl (C=O) groups excluding carboxylic acids is 2. The Morgan fingerprint density at radius 2 is 1.86 bits per heavy atom. The van der Waals surface area contributed by atoms with Gasteiger partial charge in [0, 0.05) is 40.5 Å². The van der Waals surface area contributed by atoms with Crippen molar-refractivity contribution >= 4 is 43.2 Å². The number of aryl methyl sites for hydroxylation is 1. The molecule has 0 saturated carbocycles. The van der Waals surface area contributed by atoms with E-state index in [4.69, 9.17) is 16.3 Å². The second-order valence-corrected chi connectivity index (χ2v) is 17.8.